The lowest BCUT2D eigenvalue weighted by Gasteiger charge is -2.01. The third-order valence-corrected chi connectivity index (χ3v) is 4.67. The van der Waals surface area contributed by atoms with Crippen LogP contribution < -0.4 is 0 Å². The summed E-state index contributed by atoms with van der Waals surface area (Å²) in [7, 11) is 6.72. The molecule has 20 heavy (non-hydrogen) atoms. The highest BCUT2D eigenvalue weighted by Crippen LogP contribution is 2.33. The van der Waals surface area contributed by atoms with Gasteiger partial charge in [-0.15, -0.1) is 10.2 Å². The van der Waals surface area contributed by atoms with Crippen LogP contribution in [0.4, 0.5) is 8.78 Å². The minimum atomic E-state index is -2.65. The third kappa shape index (κ3) is 2.37. The fourth-order valence-electron chi connectivity index (χ4n) is 1.66. The molecule has 0 atom stereocenters. The largest absolute Gasteiger partial charge is 0.291 e. The first-order valence-corrected chi connectivity index (χ1v) is 8.01. The zero-order valence-corrected chi connectivity index (χ0v) is 12.6. The number of fused-ring (bicyclic) bond motifs is 1. The Morgan fingerprint density at radius 1 is 1.30 bits per heavy atom. The molecule has 0 aliphatic carbocycles. The highest BCUT2D eigenvalue weighted by Gasteiger charge is 2.17. The maximum absolute atomic E-state index is 12.6. The van der Waals surface area contributed by atoms with Crippen LogP contribution in [0.5, 0.6) is 0 Å². The standard InChI is InChI=1S/C10H4Cl2F2N4S2/c11-6-1-4(20-12)2-7-5(6)3-15-18(7)10-17-16-9(19-10)8(13)14/h1-3,8H. The van der Waals surface area contributed by atoms with Crippen LogP contribution in [-0.2, 0) is 0 Å². The summed E-state index contributed by atoms with van der Waals surface area (Å²) in [5.41, 5.74) is 0.637. The van der Waals surface area contributed by atoms with E-state index >= 15 is 0 Å². The number of hydrogen-bond donors (Lipinski definition) is 0. The van der Waals surface area contributed by atoms with Crippen LogP contribution >= 0.6 is 44.6 Å². The molecule has 0 spiro atoms. The van der Waals surface area contributed by atoms with Gasteiger partial charge in [0, 0.05) is 10.3 Å². The van der Waals surface area contributed by atoms with Crippen molar-refractivity contribution in [3.63, 3.8) is 0 Å². The van der Waals surface area contributed by atoms with E-state index in [1.807, 2.05) is 0 Å². The topological polar surface area (TPSA) is 43.6 Å². The van der Waals surface area contributed by atoms with E-state index in [9.17, 15) is 8.78 Å². The van der Waals surface area contributed by atoms with Gasteiger partial charge in [0.25, 0.3) is 6.43 Å². The lowest BCUT2D eigenvalue weighted by atomic mass is 10.2. The van der Waals surface area contributed by atoms with Gasteiger partial charge in [-0.2, -0.15) is 5.10 Å². The summed E-state index contributed by atoms with van der Waals surface area (Å²) in [5, 5.41) is 12.4. The highest BCUT2D eigenvalue weighted by atomic mass is 35.7. The molecule has 0 bridgehead atoms. The molecule has 0 aliphatic rings. The van der Waals surface area contributed by atoms with E-state index in [4.69, 9.17) is 22.3 Å². The van der Waals surface area contributed by atoms with Gasteiger partial charge < -0.3 is 0 Å². The predicted octanol–water partition coefficient (Wildman–Crippen LogP) is 4.71. The Bertz CT molecular complexity index is 774. The fraction of sp³-hybridized carbons (Fsp3) is 0.100. The second-order valence-electron chi connectivity index (χ2n) is 3.69. The van der Waals surface area contributed by atoms with Gasteiger partial charge in [-0.3, -0.25) is 0 Å². The van der Waals surface area contributed by atoms with Crippen LogP contribution in [0, 0.1) is 0 Å². The second-order valence-corrected chi connectivity index (χ2v) is 6.18. The van der Waals surface area contributed by atoms with Crippen molar-refractivity contribution in [2.45, 2.75) is 11.3 Å². The lowest BCUT2D eigenvalue weighted by Crippen LogP contribution is -1.95. The molecule has 104 valence electrons. The van der Waals surface area contributed by atoms with E-state index in [2.05, 4.69) is 15.3 Å². The van der Waals surface area contributed by atoms with Gasteiger partial charge in [0.05, 0.1) is 16.7 Å². The van der Waals surface area contributed by atoms with Crippen molar-refractivity contribution in [1.29, 1.82) is 0 Å². The van der Waals surface area contributed by atoms with Crippen LogP contribution in [0.2, 0.25) is 5.02 Å². The van der Waals surface area contributed by atoms with Gasteiger partial charge in [-0.1, -0.05) is 22.9 Å². The molecule has 0 radical (unpaired) electrons. The van der Waals surface area contributed by atoms with Gasteiger partial charge in [0.2, 0.25) is 5.13 Å². The van der Waals surface area contributed by atoms with Gasteiger partial charge in [0.1, 0.15) is 0 Å². The summed E-state index contributed by atoms with van der Waals surface area (Å²) in [4.78, 5) is 0.726. The Hall–Kier alpha value is -0.960. The summed E-state index contributed by atoms with van der Waals surface area (Å²) in [5.74, 6) is 0. The van der Waals surface area contributed by atoms with E-state index < -0.39 is 6.43 Å². The second kappa shape index (κ2) is 5.44. The first kappa shape index (κ1) is 14.0. The Morgan fingerprint density at radius 2 is 2.10 bits per heavy atom. The zero-order valence-electron chi connectivity index (χ0n) is 9.43. The third-order valence-electron chi connectivity index (χ3n) is 2.50. The van der Waals surface area contributed by atoms with Crippen molar-refractivity contribution in [3.05, 3.63) is 28.4 Å². The van der Waals surface area contributed by atoms with Gasteiger partial charge >= 0.3 is 0 Å². The fourth-order valence-corrected chi connectivity index (χ4v) is 3.24. The molecule has 4 nitrogen and oxygen atoms in total. The van der Waals surface area contributed by atoms with Crippen LogP contribution in [0.15, 0.2) is 23.2 Å². The molecule has 0 saturated heterocycles. The SMILES string of the molecule is FC(F)c1nnc(-n2ncc3c(Cl)cc(SCl)cc32)s1. The van der Waals surface area contributed by atoms with Gasteiger partial charge in [-0.05, 0) is 33.8 Å². The summed E-state index contributed by atoms with van der Waals surface area (Å²) >= 11 is 6.90. The Labute approximate surface area is 129 Å². The number of halogens is 4. The minimum Gasteiger partial charge on any atom is -0.204 e. The summed E-state index contributed by atoms with van der Waals surface area (Å²) in [6.07, 6.45) is -1.11. The molecule has 3 rings (SSSR count). The molecule has 3 aromatic rings. The van der Waals surface area contributed by atoms with Crippen molar-refractivity contribution >= 4 is 55.5 Å². The number of nitrogens with zero attached hydrogens (tertiary/aromatic N) is 4. The Kier molecular flexibility index (Phi) is 3.80. The predicted molar refractivity (Wildman–Crippen MR) is 76.2 cm³/mol. The molecule has 1 aromatic carbocycles. The van der Waals surface area contributed by atoms with Crippen molar-refractivity contribution in [3.8, 4) is 5.13 Å². The average molecular weight is 353 g/mol. The smallest absolute Gasteiger partial charge is 0.204 e. The Morgan fingerprint density at radius 3 is 2.75 bits per heavy atom. The normalized spacial score (nSPS) is 11.7. The first-order valence-electron chi connectivity index (χ1n) is 5.18. The number of hydrogen-bond acceptors (Lipinski definition) is 5. The van der Waals surface area contributed by atoms with Crippen molar-refractivity contribution in [2.75, 3.05) is 0 Å². The van der Waals surface area contributed by atoms with E-state index in [-0.39, 0.29) is 10.1 Å². The maximum Gasteiger partial charge on any atom is 0.291 e. The van der Waals surface area contributed by atoms with E-state index in [1.165, 1.54) is 4.68 Å². The molecule has 0 amide bonds. The first-order chi connectivity index (χ1) is 9.60. The number of aromatic nitrogens is 4. The average Bonchev–Trinajstić information content (AvgIpc) is 3.04. The monoisotopic (exact) mass is 352 g/mol. The van der Waals surface area contributed by atoms with Crippen LogP contribution in [0.3, 0.4) is 0 Å². The van der Waals surface area contributed by atoms with Gasteiger partial charge in [-0.25, -0.2) is 13.5 Å². The Balaban J connectivity index is 2.17. The summed E-state index contributed by atoms with van der Waals surface area (Å²) < 4.78 is 26.5. The number of rotatable bonds is 3. The summed E-state index contributed by atoms with van der Waals surface area (Å²) in [6, 6.07) is 3.47. The molecule has 0 fully saturated rings. The highest BCUT2D eigenvalue weighted by molar-refractivity contribution is 8.21. The van der Waals surface area contributed by atoms with E-state index in [1.54, 1.807) is 18.3 Å². The lowest BCUT2D eigenvalue weighted by molar-refractivity contribution is 0.150. The molecule has 2 aromatic heterocycles. The van der Waals surface area contributed by atoms with Gasteiger partial charge in [0.15, 0.2) is 5.01 Å². The number of alkyl halides is 2. The van der Waals surface area contributed by atoms with Crippen LogP contribution in [0.1, 0.15) is 11.4 Å². The van der Waals surface area contributed by atoms with E-state index in [0.717, 1.165) is 27.2 Å². The van der Waals surface area contributed by atoms with Crippen LogP contribution in [0.25, 0.3) is 16.0 Å². The number of benzene rings is 1. The molecule has 0 saturated carbocycles. The molecule has 0 aliphatic heterocycles. The van der Waals surface area contributed by atoms with E-state index in [0.29, 0.717) is 15.9 Å². The molecular weight excluding hydrogens is 349 g/mol. The molecule has 0 N–H and O–H groups in total. The zero-order chi connectivity index (χ0) is 14.3. The quantitative estimate of drug-likeness (QED) is 0.684. The maximum atomic E-state index is 12.6. The summed E-state index contributed by atoms with van der Waals surface area (Å²) in [6.45, 7) is 0. The van der Waals surface area contributed by atoms with Crippen molar-refractivity contribution in [2.24, 2.45) is 0 Å². The van der Waals surface area contributed by atoms with Crippen molar-refractivity contribution < 1.29 is 8.78 Å². The molecular formula is C10H4Cl2F2N4S2. The van der Waals surface area contributed by atoms with Crippen LogP contribution in [-0.4, -0.2) is 20.0 Å². The minimum absolute atomic E-state index is 0.253. The molecule has 2 heterocycles. The molecule has 0 unspecified atom stereocenters. The molecule has 10 heteroatoms. The van der Waals surface area contributed by atoms with Crippen molar-refractivity contribution in [1.82, 2.24) is 20.0 Å².